The second-order valence-corrected chi connectivity index (χ2v) is 7.38. The Labute approximate surface area is 154 Å². The number of fused-ring (bicyclic) bond motifs is 1. The van der Waals surface area contributed by atoms with Gasteiger partial charge in [-0.1, -0.05) is 18.2 Å². The number of allylic oxidation sites excluding steroid dienone is 2. The fourth-order valence-corrected chi connectivity index (χ4v) is 3.69. The van der Waals surface area contributed by atoms with Crippen LogP contribution in [0.1, 0.15) is 18.1 Å². The molecule has 0 heterocycles. The maximum absolute atomic E-state index is 14.7. The number of benzene rings is 1. The summed E-state index contributed by atoms with van der Waals surface area (Å²) in [6.45, 7) is 2.29. The highest BCUT2D eigenvalue weighted by atomic mass is 19.4. The number of anilines is 1. The van der Waals surface area contributed by atoms with E-state index >= 15 is 0 Å². The van der Waals surface area contributed by atoms with Crippen LogP contribution in [0.25, 0.3) is 5.57 Å². The Kier molecular flexibility index (Phi) is 4.04. The van der Waals surface area contributed by atoms with Gasteiger partial charge in [0.2, 0.25) is 0 Å². The third-order valence-corrected chi connectivity index (χ3v) is 5.30. The van der Waals surface area contributed by atoms with Gasteiger partial charge in [0.1, 0.15) is 0 Å². The molecule has 2 atom stereocenters. The molecule has 3 rings (SSSR count). The van der Waals surface area contributed by atoms with Crippen molar-refractivity contribution in [2.75, 3.05) is 5.73 Å². The van der Waals surface area contributed by atoms with Gasteiger partial charge in [-0.3, -0.25) is 0 Å². The molecule has 0 saturated heterocycles. The van der Waals surface area contributed by atoms with Crippen molar-refractivity contribution in [1.82, 2.24) is 0 Å². The zero-order valence-electron chi connectivity index (χ0n) is 14.6. The Morgan fingerprint density at radius 2 is 1.50 bits per heavy atom. The third kappa shape index (κ3) is 2.29. The van der Waals surface area contributed by atoms with Crippen molar-refractivity contribution in [2.45, 2.75) is 43.1 Å². The number of nitrogens with two attached hydrogens (primary N) is 2. The first-order valence-corrected chi connectivity index (χ1v) is 8.10. The Bertz CT molecular complexity index is 899. The topological polar surface area (TPSA) is 52.0 Å². The van der Waals surface area contributed by atoms with Gasteiger partial charge in [0, 0.05) is 16.8 Å². The van der Waals surface area contributed by atoms with Crippen molar-refractivity contribution < 1.29 is 35.1 Å². The van der Waals surface area contributed by atoms with E-state index in [0.717, 1.165) is 25.1 Å². The van der Waals surface area contributed by atoms with E-state index in [2.05, 4.69) is 0 Å². The average Bonchev–Trinajstić information content (AvgIpc) is 2.54. The molecule has 2 unspecified atom stereocenters. The summed E-state index contributed by atoms with van der Waals surface area (Å²) < 4.78 is 114. The molecule has 1 fully saturated rings. The number of alkyl halides is 8. The van der Waals surface area contributed by atoms with Crippen molar-refractivity contribution in [2.24, 2.45) is 11.7 Å². The van der Waals surface area contributed by atoms with E-state index in [1.165, 1.54) is 19.1 Å². The molecule has 1 aromatic rings. The van der Waals surface area contributed by atoms with E-state index in [1.54, 1.807) is 0 Å². The lowest BCUT2D eigenvalue weighted by Crippen LogP contribution is -2.74. The van der Waals surface area contributed by atoms with Gasteiger partial charge in [0.25, 0.3) is 0 Å². The van der Waals surface area contributed by atoms with Gasteiger partial charge in [-0.25, -0.2) is 0 Å². The van der Waals surface area contributed by atoms with E-state index in [-0.39, 0.29) is 11.3 Å². The first-order chi connectivity index (χ1) is 12.5. The molecule has 154 valence electrons. The quantitative estimate of drug-likeness (QED) is 0.515. The number of aryl methyl sites for hydroxylation is 1. The van der Waals surface area contributed by atoms with Crippen LogP contribution >= 0.6 is 0 Å². The molecule has 0 bridgehead atoms. The molecule has 2 aliphatic rings. The normalized spacial score (nSPS) is 32.2. The summed E-state index contributed by atoms with van der Waals surface area (Å²) in [6, 6.07) is 3.64. The minimum atomic E-state index is -6.33. The molecule has 0 spiro atoms. The van der Waals surface area contributed by atoms with Crippen LogP contribution in [0.4, 0.5) is 40.8 Å². The van der Waals surface area contributed by atoms with Crippen LogP contribution in [0.3, 0.4) is 0 Å². The summed E-state index contributed by atoms with van der Waals surface area (Å²) in [6.07, 6.45) is 1.71. The van der Waals surface area contributed by atoms with Crippen LogP contribution in [-0.2, 0) is 0 Å². The summed E-state index contributed by atoms with van der Waals surface area (Å²) in [5, 5.41) is 0. The number of hydrogen-bond donors (Lipinski definition) is 2. The average molecular weight is 412 g/mol. The van der Waals surface area contributed by atoms with Gasteiger partial charge < -0.3 is 11.5 Å². The first kappa shape index (κ1) is 20.6. The highest BCUT2D eigenvalue weighted by Gasteiger charge is 2.89. The highest BCUT2D eigenvalue weighted by Crippen LogP contribution is 2.67. The van der Waals surface area contributed by atoms with Crippen LogP contribution in [0.15, 0.2) is 35.9 Å². The molecule has 1 aromatic carbocycles. The summed E-state index contributed by atoms with van der Waals surface area (Å²) in [7, 11) is 0. The predicted octanol–water partition coefficient (Wildman–Crippen LogP) is 4.79. The van der Waals surface area contributed by atoms with Crippen LogP contribution < -0.4 is 11.5 Å². The van der Waals surface area contributed by atoms with E-state index in [1.807, 2.05) is 0 Å². The molecule has 0 aromatic heterocycles. The molecule has 28 heavy (non-hydrogen) atoms. The lowest BCUT2D eigenvalue weighted by molar-refractivity contribution is -0.390. The smallest absolute Gasteiger partial charge is 0.382 e. The second kappa shape index (κ2) is 5.49. The molecule has 0 radical (unpaired) electrons. The SMILES string of the molecule is Cc1cc(C2=C3C(C(C)(N)C=C2)C(F)(F)C(F)(F)C(F)(F)C3(F)F)ccc1N. The fourth-order valence-electron chi connectivity index (χ4n) is 3.69. The second-order valence-electron chi connectivity index (χ2n) is 7.38. The molecular weight excluding hydrogens is 396 g/mol. The lowest BCUT2D eigenvalue weighted by atomic mass is 9.62. The standard InChI is InChI=1S/C18H16F8N2/c1-8-7-9(3-4-11(8)27)10-5-6-14(2,28)13-12(10)15(19,20)17(23,24)18(25,26)16(13,21)22/h3-7,13H,27-28H2,1-2H3. The van der Waals surface area contributed by atoms with Crippen molar-refractivity contribution >= 4 is 11.3 Å². The fraction of sp³-hybridized carbons (Fsp3) is 0.444. The molecule has 10 heteroatoms. The molecule has 1 saturated carbocycles. The van der Waals surface area contributed by atoms with E-state index in [4.69, 9.17) is 11.5 Å². The number of hydrogen-bond acceptors (Lipinski definition) is 2. The number of nitrogen functional groups attached to an aromatic ring is 1. The third-order valence-electron chi connectivity index (χ3n) is 5.30. The Balaban J connectivity index is 2.42. The zero-order valence-corrected chi connectivity index (χ0v) is 14.6. The Hall–Kier alpha value is -2.10. The van der Waals surface area contributed by atoms with E-state index in [0.29, 0.717) is 5.56 Å². The molecule has 2 nitrogen and oxygen atoms in total. The van der Waals surface area contributed by atoms with Crippen molar-refractivity contribution in [1.29, 1.82) is 0 Å². The summed E-state index contributed by atoms with van der Waals surface area (Å²) >= 11 is 0. The molecule has 2 aliphatic carbocycles. The minimum absolute atomic E-state index is 0.144. The number of halogens is 8. The summed E-state index contributed by atoms with van der Waals surface area (Å²) in [5.74, 6) is -26.8. The molecular formula is C18H16F8N2. The van der Waals surface area contributed by atoms with Gasteiger partial charge >= 0.3 is 23.7 Å². The van der Waals surface area contributed by atoms with Crippen molar-refractivity contribution in [3.63, 3.8) is 0 Å². The van der Waals surface area contributed by atoms with Crippen molar-refractivity contribution in [3.05, 3.63) is 47.1 Å². The van der Waals surface area contributed by atoms with Crippen LogP contribution in [0.2, 0.25) is 0 Å². The maximum atomic E-state index is 14.7. The Morgan fingerprint density at radius 1 is 0.929 bits per heavy atom. The Morgan fingerprint density at radius 3 is 2.04 bits per heavy atom. The van der Waals surface area contributed by atoms with Gasteiger partial charge in [0.05, 0.1) is 5.92 Å². The number of rotatable bonds is 1. The maximum Gasteiger partial charge on any atom is 0.382 e. The van der Waals surface area contributed by atoms with Gasteiger partial charge in [-0.15, -0.1) is 0 Å². The van der Waals surface area contributed by atoms with Crippen LogP contribution in [0, 0.1) is 12.8 Å². The highest BCUT2D eigenvalue weighted by molar-refractivity contribution is 5.82. The molecule has 4 N–H and O–H groups in total. The molecule has 0 amide bonds. The van der Waals surface area contributed by atoms with Crippen LogP contribution in [0.5, 0.6) is 0 Å². The summed E-state index contributed by atoms with van der Waals surface area (Å²) in [4.78, 5) is 0. The van der Waals surface area contributed by atoms with Gasteiger partial charge in [-0.2, -0.15) is 35.1 Å². The van der Waals surface area contributed by atoms with Gasteiger partial charge in [-0.05, 0) is 42.7 Å². The van der Waals surface area contributed by atoms with Gasteiger partial charge in [0.15, 0.2) is 0 Å². The first-order valence-electron chi connectivity index (χ1n) is 8.10. The van der Waals surface area contributed by atoms with E-state index in [9.17, 15) is 35.1 Å². The monoisotopic (exact) mass is 412 g/mol. The minimum Gasteiger partial charge on any atom is -0.399 e. The van der Waals surface area contributed by atoms with Crippen molar-refractivity contribution in [3.8, 4) is 0 Å². The predicted molar refractivity (Wildman–Crippen MR) is 87.5 cm³/mol. The summed E-state index contributed by atoms with van der Waals surface area (Å²) in [5.41, 5.74) is 6.74. The molecule has 0 aliphatic heterocycles. The van der Waals surface area contributed by atoms with Crippen LogP contribution in [-0.4, -0.2) is 29.2 Å². The largest absolute Gasteiger partial charge is 0.399 e. The zero-order chi connectivity index (χ0) is 21.5. The lowest BCUT2D eigenvalue weighted by Gasteiger charge is -2.52. The van der Waals surface area contributed by atoms with E-state index < -0.39 is 46.3 Å².